The first-order valence-electron chi connectivity index (χ1n) is 14.0. The van der Waals surface area contributed by atoms with Crippen LogP contribution in [0.2, 0.25) is 0 Å². The number of ether oxygens (including phenoxy) is 1. The van der Waals surface area contributed by atoms with Crippen molar-refractivity contribution < 1.29 is 19.1 Å². The Bertz CT molecular complexity index is 1630. The fourth-order valence-electron chi connectivity index (χ4n) is 4.85. The number of guanidine groups is 1. The molecule has 0 aliphatic carbocycles. The van der Waals surface area contributed by atoms with Crippen LogP contribution in [0.3, 0.4) is 0 Å². The summed E-state index contributed by atoms with van der Waals surface area (Å²) in [7, 11) is 0. The van der Waals surface area contributed by atoms with E-state index in [0.29, 0.717) is 29.4 Å². The van der Waals surface area contributed by atoms with Gasteiger partial charge in [0.15, 0.2) is 0 Å². The van der Waals surface area contributed by atoms with Crippen LogP contribution in [0.1, 0.15) is 51.0 Å². The zero-order valence-electron chi connectivity index (χ0n) is 24.2. The van der Waals surface area contributed by atoms with Crippen LogP contribution in [0.25, 0.3) is 0 Å². The molecule has 0 saturated heterocycles. The number of amides is 3. The largest absolute Gasteiger partial charge is 0.493 e. The number of hydrogen-bond acceptors (Lipinski definition) is 7. The number of carbonyl (C=O) groups excluding carboxylic acids is 3. The van der Waals surface area contributed by atoms with E-state index in [1.807, 2.05) is 62.4 Å². The van der Waals surface area contributed by atoms with E-state index in [1.165, 1.54) is 5.56 Å². The second-order valence-electron chi connectivity index (χ2n) is 10.1. The molecule has 0 bridgehead atoms. The lowest BCUT2D eigenvalue weighted by Crippen LogP contribution is -2.51. The normalized spacial score (nSPS) is 13.5. The molecule has 1 aliphatic heterocycles. The van der Waals surface area contributed by atoms with Gasteiger partial charge >= 0.3 is 0 Å². The Morgan fingerprint density at radius 3 is 2.19 bits per heavy atom. The van der Waals surface area contributed by atoms with E-state index in [1.54, 1.807) is 43.3 Å². The smallest absolute Gasteiger partial charge is 0.262 e. The Morgan fingerprint density at radius 1 is 0.884 bits per heavy atom. The van der Waals surface area contributed by atoms with Crippen molar-refractivity contribution in [1.82, 2.24) is 20.2 Å². The Labute approximate surface area is 249 Å². The molecule has 0 saturated carbocycles. The molecule has 43 heavy (non-hydrogen) atoms. The molecule has 3 aromatic carbocycles. The highest BCUT2D eigenvalue weighted by Crippen LogP contribution is 2.26. The quantitative estimate of drug-likeness (QED) is 0.163. The number of hydrogen-bond donors (Lipinski definition) is 2. The van der Waals surface area contributed by atoms with Crippen molar-refractivity contribution in [2.24, 2.45) is 4.99 Å². The molecule has 10 heteroatoms. The Kier molecular flexibility index (Phi) is 8.85. The van der Waals surface area contributed by atoms with Gasteiger partial charge in [0, 0.05) is 29.6 Å². The number of aliphatic imine (C=N–C) groups is 1. The molecule has 4 aromatic rings. The maximum absolute atomic E-state index is 13.6. The van der Waals surface area contributed by atoms with E-state index < -0.39 is 23.8 Å². The number of anilines is 1. The standard InChI is InChI=1S/C33H32N6O4/c1-4-28(39-30(41)26-15-8-9-16-27(26)31(39)42)29(40)37-33(38-32-34-21(2)19-22(3)35-32)36-24-13-10-14-25(20-24)43-18-17-23-11-6-5-7-12-23/h5-16,19-20,28H,4,17-18H2,1-3H3,(H2,34,35,36,37,38,40). The molecular weight excluding hydrogens is 544 g/mol. The van der Waals surface area contributed by atoms with Gasteiger partial charge in [-0.3, -0.25) is 24.6 Å². The fraction of sp³-hybridized carbons (Fsp3) is 0.212. The molecule has 218 valence electrons. The van der Waals surface area contributed by atoms with Gasteiger partial charge in [0.1, 0.15) is 11.8 Å². The molecule has 1 aliphatic rings. The molecule has 0 fully saturated rings. The molecule has 1 unspecified atom stereocenters. The van der Waals surface area contributed by atoms with E-state index >= 15 is 0 Å². The highest BCUT2D eigenvalue weighted by Gasteiger charge is 2.42. The summed E-state index contributed by atoms with van der Waals surface area (Å²) in [6, 6.07) is 24.6. The van der Waals surface area contributed by atoms with Crippen molar-refractivity contribution >= 4 is 35.3 Å². The van der Waals surface area contributed by atoms with E-state index in [9.17, 15) is 14.4 Å². The maximum Gasteiger partial charge on any atom is 0.262 e. The van der Waals surface area contributed by atoms with Crippen molar-refractivity contribution in [2.75, 3.05) is 11.9 Å². The second-order valence-corrected chi connectivity index (χ2v) is 10.1. The summed E-state index contributed by atoms with van der Waals surface area (Å²) in [5.74, 6) is -0.787. The molecule has 2 heterocycles. The van der Waals surface area contributed by atoms with Gasteiger partial charge in [0.2, 0.25) is 11.9 Å². The van der Waals surface area contributed by atoms with Crippen LogP contribution in [-0.2, 0) is 11.2 Å². The van der Waals surface area contributed by atoms with Crippen LogP contribution in [0, 0.1) is 13.8 Å². The maximum atomic E-state index is 13.6. The number of aryl methyl sites for hydroxylation is 2. The van der Waals surface area contributed by atoms with Gasteiger partial charge in [-0.25, -0.2) is 9.97 Å². The van der Waals surface area contributed by atoms with Crippen LogP contribution in [0.4, 0.5) is 11.6 Å². The van der Waals surface area contributed by atoms with Gasteiger partial charge in [-0.2, -0.15) is 4.99 Å². The van der Waals surface area contributed by atoms with Gasteiger partial charge in [0.05, 0.1) is 17.7 Å². The minimum atomic E-state index is -1.06. The van der Waals surface area contributed by atoms with E-state index in [2.05, 4.69) is 25.6 Å². The zero-order chi connectivity index (χ0) is 30.3. The van der Waals surface area contributed by atoms with Crippen molar-refractivity contribution in [2.45, 2.75) is 39.7 Å². The lowest BCUT2D eigenvalue weighted by molar-refractivity contribution is -0.123. The average Bonchev–Trinajstić information content (AvgIpc) is 3.23. The summed E-state index contributed by atoms with van der Waals surface area (Å²) >= 11 is 0. The number of nitrogens with one attached hydrogen (secondary N) is 2. The summed E-state index contributed by atoms with van der Waals surface area (Å²) in [6.45, 7) is 5.87. The summed E-state index contributed by atoms with van der Waals surface area (Å²) < 4.78 is 5.97. The van der Waals surface area contributed by atoms with Crippen LogP contribution >= 0.6 is 0 Å². The predicted molar refractivity (Wildman–Crippen MR) is 163 cm³/mol. The van der Waals surface area contributed by atoms with E-state index in [4.69, 9.17) is 4.74 Å². The molecule has 2 N–H and O–H groups in total. The number of carbonyl (C=O) groups is 3. The molecule has 1 aromatic heterocycles. The van der Waals surface area contributed by atoms with Crippen molar-refractivity contribution in [3.8, 4) is 5.75 Å². The van der Waals surface area contributed by atoms with Crippen molar-refractivity contribution in [1.29, 1.82) is 0 Å². The van der Waals surface area contributed by atoms with Crippen molar-refractivity contribution in [3.63, 3.8) is 0 Å². The lowest BCUT2D eigenvalue weighted by atomic mass is 10.1. The number of rotatable bonds is 9. The first-order chi connectivity index (χ1) is 20.8. The first kappa shape index (κ1) is 29.1. The molecule has 3 amide bonds. The lowest BCUT2D eigenvalue weighted by Gasteiger charge is -2.24. The number of imide groups is 1. The van der Waals surface area contributed by atoms with Gasteiger partial charge in [-0.05, 0) is 56.2 Å². The van der Waals surface area contributed by atoms with Gasteiger partial charge < -0.3 is 10.1 Å². The monoisotopic (exact) mass is 576 g/mol. The molecular formula is C33H32N6O4. The van der Waals surface area contributed by atoms with Crippen molar-refractivity contribution in [3.05, 3.63) is 113 Å². The number of benzene rings is 3. The molecule has 10 nitrogen and oxygen atoms in total. The third kappa shape index (κ3) is 6.92. The van der Waals surface area contributed by atoms with Gasteiger partial charge in [-0.15, -0.1) is 0 Å². The summed E-state index contributed by atoms with van der Waals surface area (Å²) in [4.78, 5) is 54.1. The molecule has 0 radical (unpaired) electrons. The van der Waals surface area contributed by atoms with Gasteiger partial charge in [0.25, 0.3) is 17.8 Å². The SMILES string of the molecule is CCC(C(=O)NC(=Nc1nc(C)cc(C)n1)Nc1cccc(OCCc2ccccc2)c1)N1C(=O)c2ccccc2C1=O. The van der Waals surface area contributed by atoms with Crippen LogP contribution < -0.4 is 15.4 Å². The number of aromatic nitrogens is 2. The third-order valence-electron chi connectivity index (χ3n) is 6.85. The van der Waals surface area contributed by atoms with Crippen LogP contribution in [-0.4, -0.2) is 51.2 Å². The molecule has 5 rings (SSSR count). The predicted octanol–water partition coefficient (Wildman–Crippen LogP) is 5.01. The summed E-state index contributed by atoms with van der Waals surface area (Å²) in [5.41, 5.74) is 3.74. The second kappa shape index (κ2) is 13.1. The van der Waals surface area contributed by atoms with Gasteiger partial charge in [-0.1, -0.05) is 55.5 Å². The average molecular weight is 577 g/mol. The zero-order valence-corrected chi connectivity index (χ0v) is 24.2. The number of nitrogens with zero attached hydrogens (tertiary/aromatic N) is 4. The Hall–Kier alpha value is -5.38. The highest BCUT2D eigenvalue weighted by atomic mass is 16.5. The topological polar surface area (TPSA) is 126 Å². The number of fused-ring (bicyclic) bond motifs is 1. The summed E-state index contributed by atoms with van der Waals surface area (Å²) in [6.07, 6.45) is 0.955. The highest BCUT2D eigenvalue weighted by molar-refractivity contribution is 6.23. The third-order valence-corrected chi connectivity index (χ3v) is 6.85. The fourth-order valence-corrected chi connectivity index (χ4v) is 4.85. The van der Waals surface area contributed by atoms with Crippen LogP contribution in [0.15, 0.2) is 89.9 Å². The first-order valence-corrected chi connectivity index (χ1v) is 14.0. The Balaban J connectivity index is 1.37. The minimum absolute atomic E-state index is 0.0338. The van der Waals surface area contributed by atoms with E-state index in [0.717, 1.165) is 11.3 Å². The van der Waals surface area contributed by atoms with E-state index in [-0.39, 0.29) is 29.5 Å². The Morgan fingerprint density at radius 2 is 1.53 bits per heavy atom. The summed E-state index contributed by atoms with van der Waals surface area (Å²) in [5, 5.41) is 5.89. The van der Waals surface area contributed by atoms with Crippen LogP contribution in [0.5, 0.6) is 5.75 Å². The molecule has 1 atom stereocenters. The minimum Gasteiger partial charge on any atom is -0.493 e. The molecule has 0 spiro atoms.